The first-order valence-electron chi connectivity index (χ1n) is 7.97. The molecule has 1 aromatic carbocycles. The average Bonchev–Trinajstić information content (AvgIpc) is 2.73. The molecule has 6 heteroatoms. The van der Waals surface area contributed by atoms with Crippen LogP contribution in [0.3, 0.4) is 0 Å². The first-order valence-corrected chi connectivity index (χ1v) is 7.97. The number of carbonyl (C=O) groups is 1. The number of carbonyl (C=O) groups excluding carboxylic acids is 1. The number of aliphatic hydroxyl groups is 1. The molecule has 1 saturated heterocycles. The summed E-state index contributed by atoms with van der Waals surface area (Å²) < 4.78 is 16.7. The highest BCUT2D eigenvalue weighted by Gasteiger charge is 2.52. The zero-order valence-electron chi connectivity index (χ0n) is 15.2. The fourth-order valence-corrected chi connectivity index (χ4v) is 2.42. The van der Waals surface area contributed by atoms with Gasteiger partial charge in [-0.2, -0.15) is 0 Å². The summed E-state index contributed by atoms with van der Waals surface area (Å²) in [5.41, 5.74) is 1.91. The van der Waals surface area contributed by atoms with Crippen LogP contribution in [-0.2, 0) is 14.0 Å². The van der Waals surface area contributed by atoms with Crippen LogP contribution in [0.25, 0.3) is 6.08 Å². The van der Waals surface area contributed by atoms with E-state index in [1.807, 2.05) is 46.8 Å². The number of aliphatic hydroxyl groups excluding tert-OH is 1. The Bertz CT molecular complexity index is 647. The summed E-state index contributed by atoms with van der Waals surface area (Å²) in [6.45, 7) is 9.59. The Kier molecular flexibility index (Phi) is 5.23. The molecule has 0 aromatic heterocycles. The third kappa shape index (κ3) is 3.56. The molecule has 1 N–H and O–H groups in total. The van der Waals surface area contributed by atoms with Gasteiger partial charge in [0.05, 0.1) is 30.5 Å². The van der Waals surface area contributed by atoms with Crippen LogP contribution in [0.15, 0.2) is 23.7 Å². The zero-order valence-corrected chi connectivity index (χ0v) is 15.2. The molecule has 0 unspecified atom stereocenters. The SMILES string of the molecule is COC(=O)c1ccc(C)c(C=C(CO)B2OC(C)(C)C(C)(C)O2)c1. The van der Waals surface area contributed by atoms with E-state index in [2.05, 4.69) is 0 Å². The number of esters is 1. The quantitative estimate of drug-likeness (QED) is 0.678. The molecule has 0 amide bonds. The van der Waals surface area contributed by atoms with Gasteiger partial charge in [0.2, 0.25) is 0 Å². The Morgan fingerprint density at radius 3 is 2.33 bits per heavy atom. The molecule has 0 spiro atoms. The van der Waals surface area contributed by atoms with Gasteiger partial charge >= 0.3 is 13.1 Å². The monoisotopic (exact) mass is 332 g/mol. The van der Waals surface area contributed by atoms with Gasteiger partial charge in [-0.1, -0.05) is 12.1 Å². The molecule has 2 rings (SSSR count). The van der Waals surface area contributed by atoms with Gasteiger partial charge in [0.1, 0.15) is 0 Å². The van der Waals surface area contributed by atoms with E-state index < -0.39 is 24.3 Å². The van der Waals surface area contributed by atoms with Crippen molar-refractivity contribution in [3.63, 3.8) is 0 Å². The van der Waals surface area contributed by atoms with Crippen LogP contribution in [0.5, 0.6) is 0 Å². The largest absolute Gasteiger partial charge is 0.492 e. The first kappa shape index (κ1) is 18.7. The number of ether oxygens (including phenoxy) is 1. The molecule has 24 heavy (non-hydrogen) atoms. The van der Waals surface area contributed by atoms with Gasteiger partial charge in [-0.15, -0.1) is 0 Å². The number of hydrogen-bond acceptors (Lipinski definition) is 5. The van der Waals surface area contributed by atoms with E-state index in [-0.39, 0.29) is 6.61 Å². The molecule has 5 nitrogen and oxygen atoms in total. The van der Waals surface area contributed by atoms with Gasteiger partial charge < -0.3 is 19.2 Å². The van der Waals surface area contributed by atoms with E-state index in [1.165, 1.54) is 7.11 Å². The molecule has 0 aliphatic carbocycles. The van der Waals surface area contributed by atoms with Crippen LogP contribution in [0.2, 0.25) is 0 Å². The van der Waals surface area contributed by atoms with Gasteiger partial charge in [-0.05, 0) is 63.4 Å². The number of benzene rings is 1. The minimum absolute atomic E-state index is 0.196. The normalized spacial score (nSPS) is 19.5. The number of aryl methyl sites for hydroxylation is 1. The van der Waals surface area contributed by atoms with Crippen LogP contribution in [0.4, 0.5) is 0 Å². The lowest BCUT2D eigenvalue weighted by Crippen LogP contribution is -2.41. The molecule has 0 radical (unpaired) electrons. The molecule has 0 bridgehead atoms. The van der Waals surface area contributed by atoms with Crippen LogP contribution < -0.4 is 0 Å². The van der Waals surface area contributed by atoms with Crippen molar-refractivity contribution in [3.05, 3.63) is 40.4 Å². The molecule has 130 valence electrons. The second-order valence-electron chi connectivity index (χ2n) is 7.03. The number of rotatable bonds is 4. The molecule has 1 aliphatic heterocycles. The second-order valence-corrected chi connectivity index (χ2v) is 7.03. The van der Waals surface area contributed by atoms with Crippen molar-refractivity contribution in [2.75, 3.05) is 13.7 Å². The summed E-state index contributed by atoms with van der Waals surface area (Å²) >= 11 is 0. The molecule has 1 heterocycles. The van der Waals surface area contributed by atoms with Crippen molar-refractivity contribution in [1.82, 2.24) is 0 Å². The fraction of sp³-hybridized carbons (Fsp3) is 0.500. The van der Waals surface area contributed by atoms with Gasteiger partial charge in [0, 0.05) is 0 Å². The van der Waals surface area contributed by atoms with Gasteiger partial charge in [-0.3, -0.25) is 0 Å². The zero-order chi connectivity index (χ0) is 18.1. The van der Waals surface area contributed by atoms with Gasteiger partial charge in [-0.25, -0.2) is 4.79 Å². The smallest absolute Gasteiger partial charge is 0.465 e. The maximum Gasteiger partial charge on any atom is 0.492 e. The Morgan fingerprint density at radius 1 is 1.25 bits per heavy atom. The maximum absolute atomic E-state index is 11.7. The lowest BCUT2D eigenvalue weighted by Gasteiger charge is -2.32. The highest BCUT2D eigenvalue weighted by molar-refractivity contribution is 6.55. The second kappa shape index (κ2) is 6.71. The van der Waals surface area contributed by atoms with Crippen molar-refractivity contribution in [3.8, 4) is 0 Å². The Balaban J connectivity index is 2.37. The average molecular weight is 332 g/mol. The highest BCUT2D eigenvalue weighted by Crippen LogP contribution is 2.38. The summed E-state index contributed by atoms with van der Waals surface area (Å²) in [7, 11) is 0.725. The Labute approximate surface area is 143 Å². The summed E-state index contributed by atoms with van der Waals surface area (Å²) in [6.07, 6.45) is 1.81. The summed E-state index contributed by atoms with van der Waals surface area (Å²) in [6, 6.07) is 5.30. The third-order valence-corrected chi connectivity index (χ3v) is 4.78. The van der Waals surface area contributed by atoms with E-state index in [1.54, 1.807) is 12.1 Å². The van der Waals surface area contributed by atoms with E-state index >= 15 is 0 Å². The van der Waals surface area contributed by atoms with Gasteiger partial charge in [0.25, 0.3) is 0 Å². The summed E-state index contributed by atoms with van der Waals surface area (Å²) in [5.74, 6) is -0.397. The molecule has 1 aromatic rings. The lowest BCUT2D eigenvalue weighted by atomic mass is 9.77. The Hall–Kier alpha value is -1.63. The number of hydrogen-bond donors (Lipinski definition) is 1. The molecule has 1 aliphatic rings. The lowest BCUT2D eigenvalue weighted by molar-refractivity contribution is 0.00578. The van der Waals surface area contributed by atoms with Crippen molar-refractivity contribution >= 4 is 19.2 Å². The van der Waals surface area contributed by atoms with Gasteiger partial charge in [0.15, 0.2) is 0 Å². The minimum atomic E-state index is -0.624. The highest BCUT2D eigenvalue weighted by atomic mass is 16.7. The minimum Gasteiger partial charge on any atom is -0.465 e. The molecule has 0 saturated carbocycles. The molecular formula is C18H25BO5. The van der Waals surface area contributed by atoms with E-state index in [9.17, 15) is 9.90 Å². The van der Waals surface area contributed by atoms with Crippen molar-refractivity contribution in [2.24, 2.45) is 0 Å². The van der Waals surface area contributed by atoms with Crippen molar-refractivity contribution < 1.29 is 23.9 Å². The molecular weight excluding hydrogens is 307 g/mol. The van der Waals surface area contributed by atoms with Crippen LogP contribution in [0, 0.1) is 6.92 Å². The fourth-order valence-electron chi connectivity index (χ4n) is 2.42. The standard InChI is InChI=1S/C18H25BO5/c1-12-7-8-13(16(21)22-6)9-14(12)10-15(11-20)19-23-17(2,3)18(4,5)24-19/h7-10,20H,11H2,1-6H3. The molecule has 1 fully saturated rings. The van der Waals surface area contributed by atoms with Crippen molar-refractivity contribution in [1.29, 1.82) is 0 Å². The third-order valence-electron chi connectivity index (χ3n) is 4.78. The Morgan fingerprint density at radius 2 is 1.83 bits per heavy atom. The van der Waals surface area contributed by atoms with Crippen LogP contribution >= 0.6 is 0 Å². The number of methoxy groups -OCH3 is 1. The summed E-state index contributed by atoms with van der Waals surface area (Å²) in [5, 5.41) is 9.78. The maximum atomic E-state index is 11.7. The predicted molar refractivity (Wildman–Crippen MR) is 93.7 cm³/mol. The van der Waals surface area contributed by atoms with Crippen molar-refractivity contribution in [2.45, 2.75) is 45.8 Å². The molecule has 0 atom stereocenters. The van der Waals surface area contributed by atoms with Crippen LogP contribution in [-0.4, -0.2) is 43.1 Å². The van der Waals surface area contributed by atoms with E-state index in [4.69, 9.17) is 14.0 Å². The predicted octanol–water partition coefficient (Wildman–Crippen LogP) is 2.79. The van der Waals surface area contributed by atoms with Crippen LogP contribution in [0.1, 0.15) is 49.2 Å². The topological polar surface area (TPSA) is 65.0 Å². The van der Waals surface area contributed by atoms with E-state index in [0.29, 0.717) is 11.0 Å². The summed E-state index contributed by atoms with van der Waals surface area (Å²) in [4.78, 5) is 11.7. The van der Waals surface area contributed by atoms with E-state index in [0.717, 1.165) is 11.1 Å². The first-order chi connectivity index (χ1) is 11.1.